The van der Waals surface area contributed by atoms with Crippen LogP contribution < -0.4 is 15.5 Å². The average molecular weight is 200 g/mol. The number of carbonyl (C=O) groups is 2. The van der Waals surface area contributed by atoms with Gasteiger partial charge in [-0.25, -0.2) is 5.32 Å². The molecule has 2 N–H and O–H groups in total. The minimum Gasteiger partial charge on any atom is -0.391 e. The SMILES string of the molecule is CC(=O)Nc1no[n+]([O-])c1NC(C)=O. The van der Waals surface area contributed by atoms with Crippen molar-refractivity contribution in [3.8, 4) is 0 Å². The highest BCUT2D eigenvalue weighted by Gasteiger charge is 2.19. The van der Waals surface area contributed by atoms with E-state index in [1.165, 1.54) is 13.8 Å². The van der Waals surface area contributed by atoms with Crippen LogP contribution in [0.4, 0.5) is 11.6 Å². The fourth-order valence-corrected chi connectivity index (χ4v) is 0.769. The lowest BCUT2D eigenvalue weighted by Gasteiger charge is -1.97. The summed E-state index contributed by atoms with van der Waals surface area (Å²) in [6.07, 6.45) is 0. The van der Waals surface area contributed by atoms with E-state index < -0.39 is 11.8 Å². The number of amides is 2. The second kappa shape index (κ2) is 3.73. The molecule has 0 radical (unpaired) electrons. The number of nitrogens with zero attached hydrogens (tertiary/aromatic N) is 2. The molecule has 0 saturated heterocycles. The van der Waals surface area contributed by atoms with Crippen molar-refractivity contribution in [2.24, 2.45) is 0 Å². The van der Waals surface area contributed by atoms with Gasteiger partial charge in [0.1, 0.15) is 0 Å². The molecule has 2 amide bonds. The van der Waals surface area contributed by atoms with Gasteiger partial charge >= 0.3 is 11.6 Å². The van der Waals surface area contributed by atoms with E-state index in [-0.39, 0.29) is 16.5 Å². The number of rotatable bonds is 2. The van der Waals surface area contributed by atoms with Crippen LogP contribution in [-0.2, 0) is 9.59 Å². The molecule has 8 heteroatoms. The highest BCUT2D eigenvalue weighted by atomic mass is 16.8. The Morgan fingerprint density at radius 3 is 2.43 bits per heavy atom. The summed E-state index contributed by atoms with van der Waals surface area (Å²) in [5.41, 5.74) is 0. The smallest absolute Gasteiger partial charge is 0.326 e. The van der Waals surface area contributed by atoms with Gasteiger partial charge in [0.15, 0.2) is 0 Å². The van der Waals surface area contributed by atoms with Crippen LogP contribution in [0.3, 0.4) is 0 Å². The lowest BCUT2D eigenvalue weighted by molar-refractivity contribution is -0.790. The molecule has 1 aromatic heterocycles. The predicted octanol–water partition coefficient (Wildman–Crippen LogP) is -0.775. The van der Waals surface area contributed by atoms with E-state index >= 15 is 0 Å². The maximum absolute atomic E-state index is 10.9. The third-order valence-corrected chi connectivity index (χ3v) is 1.20. The zero-order chi connectivity index (χ0) is 10.7. The number of nitrogens with one attached hydrogen (secondary N) is 2. The molecule has 0 aliphatic rings. The molecule has 8 nitrogen and oxygen atoms in total. The largest absolute Gasteiger partial charge is 0.391 e. The third kappa shape index (κ3) is 2.19. The Labute approximate surface area is 78.4 Å². The normalized spacial score (nSPS) is 9.57. The van der Waals surface area contributed by atoms with Gasteiger partial charge in [0.05, 0.1) is 0 Å². The van der Waals surface area contributed by atoms with Gasteiger partial charge in [-0.1, -0.05) is 4.90 Å². The molecule has 1 heterocycles. The van der Waals surface area contributed by atoms with Crippen LogP contribution in [0, 0.1) is 5.21 Å². The van der Waals surface area contributed by atoms with Crippen molar-refractivity contribution in [1.29, 1.82) is 0 Å². The minimum atomic E-state index is -0.468. The van der Waals surface area contributed by atoms with Crippen molar-refractivity contribution in [2.75, 3.05) is 10.6 Å². The number of anilines is 2. The van der Waals surface area contributed by atoms with Gasteiger partial charge in [-0.15, -0.1) is 0 Å². The molecule has 0 fully saturated rings. The van der Waals surface area contributed by atoms with Crippen molar-refractivity contribution >= 4 is 23.5 Å². The van der Waals surface area contributed by atoms with Crippen LogP contribution >= 0.6 is 0 Å². The first kappa shape index (κ1) is 9.96. The second-order valence-corrected chi connectivity index (χ2v) is 2.49. The van der Waals surface area contributed by atoms with Crippen LogP contribution in [0.2, 0.25) is 0 Å². The first-order chi connectivity index (χ1) is 6.50. The monoisotopic (exact) mass is 200 g/mol. The molecule has 0 aromatic carbocycles. The molecule has 1 aromatic rings. The van der Waals surface area contributed by atoms with Gasteiger partial charge in [-0.2, -0.15) is 0 Å². The Balaban J connectivity index is 2.93. The average Bonchev–Trinajstić information content (AvgIpc) is 2.34. The summed E-state index contributed by atoms with van der Waals surface area (Å²) in [5.74, 6) is -1.26. The van der Waals surface area contributed by atoms with E-state index in [9.17, 15) is 14.8 Å². The fourth-order valence-electron chi connectivity index (χ4n) is 0.769. The molecule has 0 unspecified atom stereocenters. The van der Waals surface area contributed by atoms with Crippen molar-refractivity contribution in [3.63, 3.8) is 0 Å². The quantitative estimate of drug-likeness (QED) is 0.608. The van der Waals surface area contributed by atoms with E-state index in [0.29, 0.717) is 0 Å². The number of carbonyl (C=O) groups excluding carboxylic acids is 2. The van der Waals surface area contributed by atoms with E-state index in [1.54, 1.807) is 0 Å². The van der Waals surface area contributed by atoms with E-state index in [4.69, 9.17) is 0 Å². The Morgan fingerprint density at radius 1 is 1.36 bits per heavy atom. The first-order valence-corrected chi connectivity index (χ1v) is 3.65. The molecule has 1 rings (SSSR count). The molecular formula is C6H8N4O4. The lowest BCUT2D eigenvalue weighted by Crippen LogP contribution is -2.29. The van der Waals surface area contributed by atoms with Crippen LogP contribution in [0.15, 0.2) is 4.63 Å². The van der Waals surface area contributed by atoms with Crippen molar-refractivity contribution < 1.29 is 19.1 Å². The molecule has 0 aliphatic heterocycles. The molecule has 0 aliphatic carbocycles. The third-order valence-electron chi connectivity index (χ3n) is 1.20. The fraction of sp³-hybridized carbons (Fsp3) is 0.333. The van der Waals surface area contributed by atoms with Gasteiger partial charge in [-0.05, 0) is 5.16 Å². The highest BCUT2D eigenvalue weighted by Crippen LogP contribution is 2.12. The summed E-state index contributed by atoms with van der Waals surface area (Å²) in [4.78, 5) is 21.3. The summed E-state index contributed by atoms with van der Waals surface area (Å²) in [6, 6.07) is 0. The number of hydrogen-bond acceptors (Lipinski definition) is 5. The zero-order valence-corrected chi connectivity index (χ0v) is 7.53. The molecule has 0 bridgehead atoms. The second-order valence-electron chi connectivity index (χ2n) is 2.49. The molecule has 0 atom stereocenters. The number of aromatic nitrogens is 2. The van der Waals surface area contributed by atoms with Crippen molar-refractivity contribution in [1.82, 2.24) is 5.16 Å². The van der Waals surface area contributed by atoms with E-state index in [0.717, 1.165) is 0 Å². The van der Waals surface area contributed by atoms with Crippen LogP contribution in [-0.4, -0.2) is 17.0 Å². The van der Waals surface area contributed by atoms with Gasteiger partial charge in [-0.3, -0.25) is 14.9 Å². The molecule has 76 valence electrons. The van der Waals surface area contributed by atoms with Crippen molar-refractivity contribution in [2.45, 2.75) is 13.8 Å². The highest BCUT2D eigenvalue weighted by molar-refractivity contribution is 5.94. The molecule has 14 heavy (non-hydrogen) atoms. The Kier molecular flexibility index (Phi) is 2.65. The van der Waals surface area contributed by atoms with E-state index in [1.807, 2.05) is 0 Å². The van der Waals surface area contributed by atoms with E-state index in [2.05, 4.69) is 20.4 Å². The van der Waals surface area contributed by atoms with Gasteiger partial charge in [0.25, 0.3) is 5.91 Å². The zero-order valence-electron chi connectivity index (χ0n) is 7.53. The molecular weight excluding hydrogens is 192 g/mol. The predicted molar refractivity (Wildman–Crippen MR) is 44.1 cm³/mol. The summed E-state index contributed by atoms with van der Waals surface area (Å²) in [5, 5.41) is 18.5. The van der Waals surface area contributed by atoms with Gasteiger partial charge < -0.3 is 9.84 Å². The molecule has 0 saturated carbocycles. The Morgan fingerprint density at radius 2 is 1.93 bits per heavy atom. The summed E-state index contributed by atoms with van der Waals surface area (Å²) in [7, 11) is 0. The van der Waals surface area contributed by atoms with Crippen LogP contribution in [0.1, 0.15) is 13.8 Å². The maximum atomic E-state index is 10.9. The van der Waals surface area contributed by atoms with Crippen LogP contribution in [0.5, 0.6) is 0 Å². The lowest BCUT2D eigenvalue weighted by atomic mass is 10.5. The van der Waals surface area contributed by atoms with Gasteiger partial charge in [0, 0.05) is 13.8 Å². The number of hydrogen-bond donors (Lipinski definition) is 2. The van der Waals surface area contributed by atoms with Crippen molar-refractivity contribution in [3.05, 3.63) is 5.21 Å². The summed E-state index contributed by atoms with van der Waals surface area (Å²) < 4.78 is 4.18. The van der Waals surface area contributed by atoms with Crippen LogP contribution in [0.25, 0.3) is 0 Å². The minimum absolute atomic E-state index is 0.00727. The maximum Gasteiger partial charge on any atom is 0.326 e. The Hall–Kier alpha value is -2.12. The first-order valence-electron chi connectivity index (χ1n) is 3.65. The standard InChI is InChI=1S/C6H8N4O4/c1-3(11)7-5-6(8-4(2)12)10(13)14-9-5/h1-2H3,(H,8,12)(H,7,9,11). The van der Waals surface area contributed by atoms with Gasteiger partial charge in [0.2, 0.25) is 5.91 Å². The Bertz CT molecular complexity index is 372. The molecule has 0 spiro atoms. The summed E-state index contributed by atoms with van der Waals surface area (Å²) in [6.45, 7) is 2.45. The topological polar surface area (TPSA) is 111 Å². The summed E-state index contributed by atoms with van der Waals surface area (Å²) >= 11 is 0.